The molecule has 1 aromatic rings. The van der Waals surface area contributed by atoms with Gasteiger partial charge in [-0.3, -0.25) is 9.59 Å². The number of hydrogen-bond donors (Lipinski definition) is 2. The summed E-state index contributed by atoms with van der Waals surface area (Å²) in [6.45, 7) is 0. The molecule has 0 fully saturated rings. The molecule has 1 rings (SSSR count). The van der Waals surface area contributed by atoms with Crippen molar-refractivity contribution in [1.82, 2.24) is 0 Å². The van der Waals surface area contributed by atoms with Gasteiger partial charge in [-0.05, 0) is 15.9 Å². The highest BCUT2D eigenvalue weighted by molar-refractivity contribution is 9.10. The highest BCUT2D eigenvalue weighted by Crippen LogP contribution is 2.20. The first-order valence-corrected chi connectivity index (χ1v) is 3.70. The van der Waals surface area contributed by atoms with Crippen molar-refractivity contribution < 1.29 is 14.0 Å². The molecule has 0 aromatic carbocycles. The number of amides is 2. The molecule has 64 valence electrons. The Labute approximate surface area is 75.8 Å². The summed E-state index contributed by atoms with van der Waals surface area (Å²) in [5.74, 6) is -1.71. The molecule has 5 nitrogen and oxygen atoms in total. The van der Waals surface area contributed by atoms with Gasteiger partial charge in [-0.15, -0.1) is 0 Å². The van der Waals surface area contributed by atoms with Crippen LogP contribution in [0.25, 0.3) is 0 Å². The molecule has 0 saturated heterocycles. The minimum absolute atomic E-state index is 0.101. The smallest absolute Gasteiger partial charge is 0.285 e. The fourth-order valence-corrected chi connectivity index (χ4v) is 1.14. The maximum atomic E-state index is 10.6. The zero-order chi connectivity index (χ0) is 9.30. The fraction of sp³-hybridized carbons (Fsp3) is 0. The average molecular weight is 233 g/mol. The SMILES string of the molecule is NC(=O)c1cc(Br)c(C(N)=O)o1. The monoisotopic (exact) mass is 232 g/mol. The number of carbonyl (C=O) groups is 2. The van der Waals surface area contributed by atoms with Crippen molar-refractivity contribution >= 4 is 27.7 Å². The molecule has 0 spiro atoms. The van der Waals surface area contributed by atoms with Gasteiger partial charge < -0.3 is 15.9 Å². The van der Waals surface area contributed by atoms with E-state index in [1.165, 1.54) is 6.07 Å². The molecule has 4 N–H and O–H groups in total. The lowest BCUT2D eigenvalue weighted by molar-refractivity contribution is 0.0950. The molecule has 0 radical (unpaired) electrons. The Hall–Kier alpha value is -1.30. The fourth-order valence-electron chi connectivity index (χ4n) is 0.658. The third kappa shape index (κ3) is 1.48. The first kappa shape index (κ1) is 8.79. The lowest BCUT2D eigenvalue weighted by atomic mass is 10.4. The standard InChI is InChI=1S/C6H5BrN2O3/c7-2-1-3(5(8)10)12-4(2)6(9)11/h1H,(H2,8,10)(H2,9,11). The lowest BCUT2D eigenvalue weighted by Crippen LogP contribution is -2.11. The minimum atomic E-state index is -0.755. The van der Waals surface area contributed by atoms with Gasteiger partial charge in [0.15, 0.2) is 5.76 Å². The van der Waals surface area contributed by atoms with Gasteiger partial charge in [0.2, 0.25) is 5.76 Å². The highest BCUT2D eigenvalue weighted by atomic mass is 79.9. The van der Waals surface area contributed by atoms with Crippen LogP contribution in [0.4, 0.5) is 0 Å². The van der Waals surface area contributed by atoms with Crippen LogP contribution in [0.15, 0.2) is 15.0 Å². The van der Waals surface area contributed by atoms with Gasteiger partial charge in [-0.2, -0.15) is 0 Å². The molecule has 2 amide bonds. The molecular formula is C6H5BrN2O3. The second kappa shape index (κ2) is 2.98. The van der Waals surface area contributed by atoms with E-state index in [0.29, 0.717) is 4.47 Å². The van der Waals surface area contributed by atoms with Crippen LogP contribution >= 0.6 is 15.9 Å². The van der Waals surface area contributed by atoms with Crippen molar-refractivity contribution in [2.45, 2.75) is 0 Å². The number of halogens is 1. The number of primary amides is 2. The van der Waals surface area contributed by atoms with Gasteiger partial charge >= 0.3 is 0 Å². The Kier molecular flexibility index (Phi) is 2.18. The van der Waals surface area contributed by atoms with Crippen molar-refractivity contribution in [2.24, 2.45) is 11.5 Å². The van der Waals surface area contributed by atoms with Gasteiger partial charge in [0.25, 0.3) is 11.8 Å². The molecule has 0 bridgehead atoms. The first-order valence-electron chi connectivity index (χ1n) is 2.91. The Morgan fingerprint density at radius 3 is 2.17 bits per heavy atom. The van der Waals surface area contributed by atoms with E-state index in [1.807, 2.05) is 0 Å². The first-order chi connectivity index (χ1) is 5.52. The summed E-state index contributed by atoms with van der Waals surface area (Å²) in [6.07, 6.45) is 0. The maximum absolute atomic E-state index is 10.6. The van der Waals surface area contributed by atoms with Crippen LogP contribution in [0, 0.1) is 0 Å². The van der Waals surface area contributed by atoms with Crippen molar-refractivity contribution in [3.8, 4) is 0 Å². The molecule has 12 heavy (non-hydrogen) atoms. The summed E-state index contributed by atoms with van der Waals surface area (Å²) < 4.78 is 5.06. The van der Waals surface area contributed by atoms with E-state index in [1.54, 1.807) is 0 Å². The van der Waals surface area contributed by atoms with Gasteiger partial charge in [0.05, 0.1) is 4.47 Å². The maximum Gasteiger partial charge on any atom is 0.285 e. The van der Waals surface area contributed by atoms with Crippen LogP contribution in [0.2, 0.25) is 0 Å². The summed E-state index contributed by atoms with van der Waals surface area (Å²) in [6, 6.07) is 1.29. The van der Waals surface area contributed by atoms with Crippen molar-refractivity contribution in [2.75, 3.05) is 0 Å². The van der Waals surface area contributed by atoms with Gasteiger partial charge in [-0.25, -0.2) is 0 Å². The minimum Gasteiger partial charge on any atom is -0.445 e. The van der Waals surface area contributed by atoms with E-state index in [2.05, 4.69) is 15.9 Å². The Morgan fingerprint density at radius 1 is 1.33 bits per heavy atom. The van der Waals surface area contributed by atoms with E-state index in [0.717, 1.165) is 0 Å². The molecule has 0 unspecified atom stereocenters. The summed E-state index contributed by atoms with van der Waals surface area (Å²) in [5, 5.41) is 0. The van der Waals surface area contributed by atoms with Crippen LogP contribution in [0.3, 0.4) is 0 Å². The van der Waals surface area contributed by atoms with Crippen LogP contribution in [0.1, 0.15) is 21.1 Å². The number of rotatable bonds is 2. The Balaban J connectivity index is 3.17. The predicted octanol–water partition coefficient (Wildman–Crippen LogP) is 0.240. The van der Waals surface area contributed by atoms with Crippen molar-refractivity contribution in [1.29, 1.82) is 0 Å². The summed E-state index contributed by atoms with van der Waals surface area (Å²) >= 11 is 2.98. The molecule has 0 aliphatic heterocycles. The normalized spacial score (nSPS) is 9.75. The van der Waals surface area contributed by atoms with Crippen LogP contribution in [0.5, 0.6) is 0 Å². The summed E-state index contributed by atoms with van der Waals surface area (Å²) in [4.78, 5) is 21.1. The predicted molar refractivity (Wildman–Crippen MR) is 43.4 cm³/mol. The molecular weight excluding hydrogens is 228 g/mol. The highest BCUT2D eigenvalue weighted by Gasteiger charge is 2.16. The van der Waals surface area contributed by atoms with E-state index in [-0.39, 0.29) is 11.5 Å². The van der Waals surface area contributed by atoms with Crippen LogP contribution in [-0.2, 0) is 0 Å². The van der Waals surface area contributed by atoms with Crippen LogP contribution < -0.4 is 11.5 Å². The third-order valence-electron chi connectivity index (χ3n) is 1.15. The number of carbonyl (C=O) groups excluding carboxylic acids is 2. The van der Waals surface area contributed by atoms with E-state index in [4.69, 9.17) is 15.9 Å². The molecule has 0 aliphatic rings. The molecule has 0 aliphatic carbocycles. The van der Waals surface area contributed by atoms with Gasteiger partial charge in [0, 0.05) is 6.07 Å². The van der Waals surface area contributed by atoms with E-state index >= 15 is 0 Å². The zero-order valence-corrected chi connectivity index (χ0v) is 7.42. The van der Waals surface area contributed by atoms with Crippen molar-refractivity contribution in [3.63, 3.8) is 0 Å². The molecule has 1 heterocycles. The Morgan fingerprint density at radius 2 is 1.92 bits per heavy atom. The third-order valence-corrected chi connectivity index (χ3v) is 1.74. The van der Waals surface area contributed by atoms with Crippen LogP contribution in [-0.4, -0.2) is 11.8 Å². The van der Waals surface area contributed by atoms with E-state index < -0.39 is 11.8 Å². The summed E-state index contributed by atoms with van der Waals surface area (Å²) in [5.41, 5.74) is 9.80. The van der Waals surface area contributed by atoms with Crippen molar-refractivity contribution in [3.05, 3.63) is 22.1 Å². The summed E-state index contributed by atoms with van der Waals surface area (Å²) in [7, 11) is 0. The number of hydrogen-bond acceptors (Lipinski definition) is 3. The largest absolute Gasteiger partial charge is 0.445 e. The Bertz CT molecular complexity index is 345. The molecule has 0 atom stereocenters. The molecule has 0 saturated carbocycles. The molecule has 1 aromatic heterocycles. The average Bonchev–Trinajstić information content (AvgIpc) is 2.30. The number of nitrogens with two attached hydrogens (primary N) is 2. The topological polar surface area (TPSA) is 99.3 Å². The zero-order valence-electron chi connectivity index (χ0n) is 5.83. The van der Waals surface area contributed by atoms with E-state index in [9.17, 15) is 9.59 Å². The second-order valence-electron chi connectivity index (χ2n) is 2.02. The second-order valence-corrected chi connectivity index (χ2v) is 2.87. The lowest BCUT2D eigenvalue weighted by Gasteiger charge is -1.87. The van der Waals surface area contributed by atoms with Gasteiger partial charge in [-0.1, -0.05) is 0 Å². The number of furan rings is 1. The molecule has 6 heteroatoms. The quantitative estimate of drug-likeness (QED) is 0.764. The van der Waals surface area contributed by atoms with Gasteiger partial charge in [0.1, 0.15) is 0 Å².